The van der Waals surface area contributed by atoms with Crippen LogP contribution in [-0.2, 0) is 10.0 Å². The Bertz CT molecular complexity index is 1130. The first-order valence-corrected chi connectivity index (χ1v) is 11.8. The molecule has 3 rings (SSSR count). The molecule has 0 spiro atoms. The van der Waals surface area contributed by atoms with Gasteiger partial charge in [0, 0.05) is 23.3 Å². The Balaban J connectivity index is 1.84. The van der Waals surface area contributed by atoms with E-state index in [2.05, 4.69) is 14.6 Å². The second kappa shape index (κ2) is 9.46. The van der Waals surface area contributed by atoms with Crippen molar-refractivity contribution < 1.29 is 17.6 Å². The summed E-state index contributed by atoms with van der Waals surface area (Å²) in [4.78, 5) is 14.0. The summed E-state index contributed by atoms with van der Waals surface area (Å²) in [6.07, 6.45) is 1.60. The predicted octanol–water partition coefficient (Wildman–Crippen LogP) is 4.53. The number of amides is 1. The Labute approximate surface area is 187 Å². The van der Waals surface area contributed by atoms with Crippen molar-refractivity contribution >= 4 is 38.9 Å². The van der Waals surface area contributed by atoms with Crippen LogP contribution in [0.5, 0.6) is 0 Å². The summed E-state index contributed by atoms with van der Waals surface area (Å²) in [5.41, 5.74) is 1.60. The standard InChI is InChI=1S/C22H25ClFN3O3S/c1-14-6-4-5-7-17(14)22(28)25-20-13-19(24)21(12-18(20)23)31(29,30)26-15(2)16-8-10-27(3)11-9-16/h4-7,12-13,16H,8-11H2,1-3H3,(H,25,28)/b26-15-. The lowest BCUT2D eigenvalue weighted by molar-refractivity contribution is 0.102. The van der Waals surface area contributed by atoms with Gasteiger partial charge in [-0.15, -0.1) is 0 Å². The number of hydrogen-bond donors (Lipinski definition) is 1. The number of sulfonamides is 1. The van der Waals surface area contributed by atoms with Crippen LogP contribution >= 0.6 is 11.6 Å². The van der Waals surface area contributed by atoms with Gasteiger partial charge in [0.1, 0.15) is 10.7 Å². The van der Waals surface area contributed by atoms with Gasteiger partial charge < -0.3 is 10.2 Å². The number of benzene rings is 2. The fraction of sp³-hybridized carbons (Fsp3) is 0.364. The molecule has 9 heteroatoms. The minimum atomic E-state index is -4.28. The largest absolute Gasteiger partial charge is 0.321 e. The van der Waals surface area contributed by atoms with Crippen LogP contribution in [0.1, 0.15) is 35.7 Å². The summed E-state index contributed by atoms with van der Waals surface area (Å²) in [7, 11) is -2.27. The number of nitrogens with zero attached hydrogens (tertiary/aromatic N) is 2. The summed E-state index contributed by atoms with van der Waals surface area (Å²) >= 11 is 6.18. The van der Waals surface area contributed by atoms with Gasteiger partial charge in [-0.3, -0.25) is 4.79 Å². The second-order valence-electron chi connectivity index (χ2n) is 7.82. The number of anilines is 1. The molecule has 6 nitrogen and oxygen atoms in total. The molecule has 1 fully saturated rings. The number of likely N-dealkylation sites (tertiary alicyclic amines) is 1. The highest BCUT2D eigenvalue weighted by Crippen LogP contribution is 2.30. The maximum atomic E-state index is 14.7. The average molecular weight is 466 g/mol. The lowest BCUT2D eigenvalue weighted by Gasteiger charge is -2.28. The molecule has 166 valence electrons. The lowest BCUT2D eigenvalue weighted by atomic mass is 9.93. The average Bonchev–Trinajstić information content (AvgIpc) is 2.70. The van der Waals surface area contributed by atoms with Crippen molar-refractivity contribution in [1.29, 1.82) is 0 Å². The van der Waals surface area contributed by atoms with E-state index in [0.717, 1.165) is 43.6 Å². The van der Waals surface area contributed by atoms with Crippen molar-refractivity contribution in [1.82, 2.24) is 4.90 Å². The van der Waals surface area contributed by atoms with E-state index >= 15 is 0 Å². The van der Waals surface area contributed by atoms with Crippen molar-refractivity contribution in [3.05, 3.63) is 58.4 Å². The third-order valence-corrected chi connectivity index (χ3v) is 7.22. The van der Waals surface area contributed by atoms with Gasteiger partial charge in [-0.05, 0) is 64.5 Å². The molecule has 0 aromatic heterocycles. The van der Waals surface area contributed by atoms with Crippen LogP contribution in [0.4, 0.5) is 10.1 Å². The van der Waals surface area contributed by atoms with Gasteiger partial charge in [0.05, 0.1) is 10.7 Å². The molecular formula is C22H25ClFN3O3S. The normalized spacial score (nSPS) is 16.4. The van der Waals surface area contributed by atoms with E-state index < -0.39 is 26.6 Å². The SMILES string of the molecule is C/C(=N/S(=O)(=O)c1cc(Cl)c(NC(=O)c2ccccc2C)cc1F)C1CCN(C)CC1. The number of carbonyl (C=O) groups excluding carboxylic acids is 1. The molecule has 0 bridgehead atoms. The molecule has 1 heterocycles. The molecule has 1 saturated heterocycles. The Kier molecular flexibility index (Phi) is 7.13. The zero-order valence-corrected chi connectivity index (χ0v) is 19.2. The predicted molar refractivity (Wildman–Crippen MR) is 121 cm³/mol. The molecule has 1 N–H and O–H groups in total. The zero-order valence-electron chi connectivity index (χ0n) is 17.7. The summed E-state index contributed by atoms with van der Waals surface area (Å²) in [6.45, 7) is 5.14. The van der Waals surface area contributed by atoms with E-state index in [0.29, 0.717) is 11.3 Å². The van der Waals surface area contributed by atoms with Crippen molar-refractivity contribution in [2.45, 2.75) is 31.6 Å². The van der Waals surface area contributed by atoms with E-state index in [1.165, 1.54) is 0 Å². The zero-order chi connectivity index (χ0) is 22.8. The van der Waals surface area contributed by atoms with Gasteiger partial charge >= 0.3 is 0 Å². The topological polar surface area (TPSA) is 78.8 Å². The number of hydrogen-bond acceptors (Lipinski definition) is 4. The van der Waals surface area contributed by atoms with Crippen molar-refractivity contribution in [3.8, 4) is 0 Å². The molecule has 0 atom stereocenters. The smallest absolute Gasteiger partial charge is 0.285 e. The quantitative estimate of drug-likeness (QED) is 0.658. The molecule has 0 radical (unpaired) electrons. The first-order chi connectivity index (χ1) is 14.6. The summed E-state index contributed by atoms with van der Waals surface area (Å²) in [5, 5.41) is 2.45. The summed E-state index contributed by atoms with van der Waals surface area (Å²) in [5.74, 6) is -1.45. The molecule has 0 saturated carbocycles. The van der Waals surface area contributed by atoms with Gasteiger partial charge in [-0.2, -0.15) is 12.8 Å². The molecule has 1 aliphatic heterocycles. The fourth-order valence-corrected chi connectivity index (χ4v) is 5.05. The van der Waals surface area contributed by atoms with Crippen LogP contribution in [0.25, 0.3) is 0 Å². The van der Waals surface area contributed by atoms with E-state index in [-0.39, 0.29) is 16.6 Å². The lowest BCUT2D eigenvalue weighted by Crippen LogP contribution is -2.33. The molecular weight excluding hydrogens is 441 g/mol. The molecule has 1 amide bonds. The number of halogens is 2. The maximum absolute atomic E-state index is 14.7. The Morgan fingerprint density at radius 1 is 1.23 bits per heavy atom. The third kappa shape index (κ3) is 5.50. The molecule has 1 aliphatic rings. The molecule has 31 heavy (non-hydrogen) atoms. The Morgan fingerprint density at radius 2 is 1.87 bits per heavy atom. The van der Waals surface area contributed by atoms with E-state index in [4.69, 9.17) is 11.6 Å². The Morgan fingerprint density at radius 3 is 2.52 bits per heavy atom. The number of carbonyl (C=O) groups is 1. The summed E-state index contributed by atoms with van der Waals surface area (Å²) < 4.78 is 44.1. The van der Waals surface area contributed by atoms with Gasteiger partial charge in [0.25, 0.3) is 15.9 Å². The highest BCUT2D eigenvalue weighted by atomic mass is 35.5. The van der Waals surface area contributed by atoms with Gasteiger partial charge in [0.2, 0.25) is 0 Å². The number of rotatable bonds is 5. The number of piperidine rings is 1. The monoisotopic (exact) mass is 465 g/mol. The van der Waals surface area contributed by atoms with E-state index in [1.54, 1.807) is 38.1 Å². The van der Waals surface area contributed by atoms with Crippen molar-refractivity contribution in [2.24, 2.45) is 10.3 Å². The molecule has 0 aliphatic carbocycles. The fourth-order valence-electron chi connectivity index (χ4n) is 3.58. The van der Waals surface area contributed by atoms with Crippen LogP contribution in [-0.4, -0.2) is 45.1 Å². The van der Waals surface area contributed by atoms with Crippen LogP contribution in [0.15, 0.2) is 45.7 Å². The highest BCUT2D eigenvalue weighted by Gasteiger charge is 2.25. The first-order valence-electron chi connectivity index (χ1n) is 9.94. The van der Waals surface area contributed by atoms with Crippen LogP contribution in [0.3, 0.4) is 0 Å². The van der Waals surface area contributed by atoms with Crippen LogP contribution in [0.2, 0.25) is 5.02 Å². The number of aryl methyl sites for hydroxylation is 1. The molecule has 2 aromatic carbocycles. The summed E-state index contributed by atoms with van der Waals surface area (Å²) in [6, 6.07) is 8.82. The van der Waals surface area contributed by atoms with E-state index in [1.807, 2.05) is 7.05 Å². The third-order valence-electron chi connectivity index (χ3n) is 5.51. The van der Waals surface area contributed by atoms with Crippen LogP contribution < -0.4 is 5.32 Å². The highest BCUT2D eigenvalue weighted by molar-refractivity contribution is 7.90. The first kappa shape index (κ1) is 23.4. The van der Waals surface area contributed by atoms with Crippen LogP contribution in [0, 0.1) is 18.7 Å². The minimum Gasteiger partial charge on any atom is -0.321 e. The van der Waals surface area contributed by atoms with Crippen molar-refractivity contribution in [3.63, 3.8) is 0 Å². The van der Waals surface area contributed by atoms with Gasteiger partial charge in [0.15, 0.2) is 0 Å². The molecule has 0 unspecified atom stereocenters. The Hall–Kier alpha value is -2.29. The van der Waals surface area contributed by atoms with Gasteiger partial charge in [-0.1, -0.05) is 29.8 Å². The maximum Gasteiger partial charge on any atom is 0.285 e. The van der Waals surface area contributed by atoms with Crippen molar-refractivity contribution in [2.75, 3.05) is 25.5 Å². The number of nitrogens with one attached hydrogen (secondary N) is 1. The van der Waals surface area contributed by atoms with E-state index in [9.17, 15) is 17.6 Å². The molecule has 2 aromatic rings. The minimum absolute atomic E-state index is 0.0117. The second-order valence-corrected chi connectivity index (χ2v) is 9.80. The van der Waals surface area contributed by atoms with Gasteiger partial charge in [-0.25, -0.2) is 4.39 Å².